The molecule has 0 atom stereocenters. The fourth-order valence-electron chi connectivity index (χ4n) is 5.02. The molecule has 0 rings (SSSR count). The molecule has 0 saturated carbocycles. The molecular weight excluding hydrogens is 517 g/mol. The minimum atomic E-state index is -4.26. The van der Waals surface area contributed by atoms with Gasteiger partial charge in [0.15, 0.2) is 0 Å². The molecule has 0 fully saturated rings. The second-order valence-corrected chi connectivity index (χ2v) is 13.2. The van der Waals surface area contributed by atoms with Gasteiger partial charge in [0.05, 0.1) is 6.61 Å². The number of hydrogen-bond donors (Lipinski definition) is 3. The second-order valence-electron chi connectivity index (χ2n) is 11.9. The molecule has 0 aromatic rings. The minimum Gasteiger partial charge on any atom is -0.317 e. The Labute approximate surface area is 252 Å². The average Bonchev–Trinajstić information content (AvgIpc) is 2.93. The van der Waals surface area contributed by atoms with Crippen molar-refractivity contribution in [1.29, 1.82) is 0 Å². The van der Waals surface area contributed by atoms with Gasteiger partial charge in [-0.05, 0) is 32.4 Å². The Morgan fingerprint density at radius 1 is 0.425 bits per heavy atom. The molecule has 0 aliphatic heterocycles. The van der Waals surface area contributed by atoms with Crippen molar-refractivity contribution >= 4 is 7.82 Å². The number of nitrogens with one attached hydrogen (secondary N) is 1. The molecule has 0 aromatic heterocycles. The van der Waals surface area contributed by atoms with Gasteiger partial charge >= 0.3 is 7.82 Å². The summed E-state index contributed by atoms with van der Waals surface area (Å²) in [5.74, 6) is 0. The van der Waals surface area contributed by atoms with Crippen LogP contribution in [-0.2, 0) is 9.09 Å². The molecular formula is C34H74NO4P. The van der Waals surface area contributed by atoms with E-state index < -0.39 is 7.82 Å². The Balaban J connectivity index is 0. The Kier molecular flexibility index (Phi) is 39.1. The zero-order valence-electron chi connectivity index (χ0n) is 27.6. The SMILES string of the molecule is CCCCCCCCCCCCCCCCCCOP(=O)(O)O.CCCCCCCCNCCCCCCCC. The van der Waals surface area contributed by atoms with Crippen molar-refractivity contribution in [3.63, 3.8) is 0 Å². The van der Waals surface area contributed by atoms with Crippen LogP contribution in [0.15, 0.2) is 0 Å². The summed E-state index contributed by atoms with van der Waals surface area (Å²) in [5.41, 5.74) is 0. The molecule has 0 saturated heterocycles. The van der Waals surface area contributed by atoms with Gasteiger partial charge in [-0.3, -0.25) is 4.52 Å². The van der Waals surface area contributed by atoms with E-state index in [-0.39, 0.29) is 6.61 Å². The summed E-state index contributed by atoms with van der Waals surface area (Å²) >= 11 is 0. The lowest BCUT2D eigenvalue weighted by Crippen LogP contribution is -2.16. The number of unbranched alkanes of at least 4 members (excludes halogenated alkanes) is 25. The normalized spacial score (nSPS) is 11.5. The highest BCUT2D eigenvalue weighted by atomic mass is 31.2. The first-order valence-corrected chi connectivity index (χ1v) is 19.4. The molecule has 0 bridgehead atoms. The molecule has 0 unspecified atom stereocenters. The molecule has 0 radical (unpaired) electrons. The highest BCUT2D eigenvalue weighted by Gasteiger charge is 2.12. The average molecular weight is 592 g/mol. The van der Waals surface area contributed by atoms with E-state index in [0.29, 0.717) is 0 Å². The van der Waals surface area contributed by atoms with Crippen LogP contribution in [0.5, 0.6) is 0 Å². The van der Waals surface area contributed by atoms with Gasteiger partial charge in [0.25, 0.3) is 0 Å². The Morgan fingerprint density at radius 2 is 0.675 bits per heavy atom. The fourth-order valence-corrected chi connectivity index (χ4v) is 5.39. The topological polar surface area (TPSA) is 78.8 Å². The lowest BCUT2D eigenvalue weighted by molar-refractivity contribution is 0.193. The third-order valence-corrected chi connectivity index (χ3v) is 8.19. The van der Waals surface area contributed by atoms with Crippen molar-refractivity contribution < 1.29 is 18.9 Å². The van der Waals surface area contributed by atoms with Gasteiger partial charge in [-0.2, -0.15) is 0 Å². The van der Waals surface area contributed by atoms with Crippen LogP contribution in [0.4, 0.5) is 0 Å². The van der Waals surface area contributed by atoms with Gasteiger partial charge in [-0.15, -0.1) is 0 Å². The lowest BCUT2D eigenvalue weighted by Gasteiger charge is -2.05. The minimum absolute atomic E-state index is 0.169. The van der Waals surface area contributed by atoms with Crippen LogP contribution in [0, 0.1) is 0 Å². The van der Waals surface area contributed by atoms with Crippen LogP contribution in [-0.4, -0.2) is 29.5 Å². The quantitative estimate of drug-likeness (QED) is 0.0535. The van der Waals surface area contributed by atoms with E-state index >= 15 is 0 Å². The number of phosphoric ester groups is 1. The summed E-state index contributed by atoms with van der Waals surface area (Å²) in [5, 5.41) is 3.57. The highest BCUT2D eigenvalue weighted by molar-refractivity contribution is 7.46. The largest absolute Gasteiger partial charge is 0.469 e. The third-order valence-electron chi connectivity index (χ3n) is 7.67. The van der Waals surface area contributed by atoms with Crippen molar-refractivity contribution in [2.45, 2.75) is 201 Å². The van der Waals surface area contributed by atoms with Crippen molar-refractivity contribution in [3.8, 4) is 0 Å². The molecule has 5 nitrogen and oxygen atoms in total. The maximum Gasteiger partial charge on any atom is 0.469 e. The van der Waals surface area contributed by atoms with Crippen LogP contribution in [0.25, 0.3) is 0 Å². The van der Waals surface area contributed by atoms with Crippen LogP contribution < -0.4 is 5.32 Å². The van der Waals surface area contributed by atoms with Crippen molar-refractivity contribution in [2.24, 2.45) is 0 Å². The molecule has 244 valence electrons. The van der Waals surface area contributed by atoms with Crippen molar-refractivity contribution in [3.05, 3.63) is 0 Å². The molecule has 0 spiro atoms. The van der Waals surface area contributed by atoms with Crippen molar-refractivity contribution in [1.82, 2.24) is 5.32 Å². The second kappa shape index (κ2) is 37.1. The number of rotatable bonds is 32. The summed E-state index contributed by atoms with van der Waals surface area (Å²) < 4.78 is 14.9. The Bertz CT molecular complexity index is 473. The molecule has 3 N–H and O–H groups in total. The standard InChI is InChI=1S/C18H39O4P.C16H35N/c1-2-3-4-5-6-7-8-9-10-11-12-13-14-15-16-17-18-22-23(19,20)21;1-3-5-7-9-11-13-15-17-16-14-12-10-8-6-4-2/h2-18H2,1H3,(H2,19,20,21);17H,3-16H2,1-2H3. The van der Waals surface area contributed by atoms with Gasteiger partial charge in [0.2, 0.25) is 0 Å². The summed E-state index contributed by atoms with van der Waals surface area (Å²) in [6, 6.07) is 0. The zero-order chi connectivity index (χ0) is 29.8. The predicted octanol–water partition coefficient (Wildman–Crippen LogP) is 11.7. The van der Waals surface area contributed by atoms with Crippen LogP contribution in [0.1, 0.15) is 201 Å². The fraction of sp³-hybridized carbons (Fsp3) is 1.00. The highest BCUT2D eigenvalue weighted by Crippen LogP contribution is 2.35. The maximum atomic E-state index is 10.5. The van der Waals surface area contributed by atoms with Crippen LogP contribution >= 0.6 is 7.82 Å². The summed E-state index contributed by atoms with van der Waals surface area (Å²) in [6.07, 6.45) is 37.6. The molecule has 0 amide bonds. The Hall–Kier alpha value is 0.0700. The molecule has 6 heteroatoms. The summed E-state index contributed by atoms with van der Waals surface area (Å²) in [7, 11) is -4.26. The van der Waals surface area contributed by atoms with E-state index in [4.69, 9.17) is 9.79 Å². The summed E-state index contributed by atoms with van der Waals surface area (Å²) in [4.78, 5) is 17.1. The van der Waals surface area contributed by atoms with E-state index in [0.717, 1.165) is 19.3 Å². The molecule has 40 heavy (non-hydrogen) atoms. The molecule has 0 aliphatic rings. The van der Waals surface area contributed by atoms with Gasteiger partial charge in [0.1, 0.15) is 0 Å². The zero-order valence-corrected chi connectivity index (χ0v) is 28.5. The third kappa shape index (κ3) is 45.1. The summed E-state index contributed by atoms with van der Waals surface area (Å²) in [6.45, 7) is 9.47. The van der Waals surface area contributed by atoms with E-state index in [1.807, 2.05) is 0 Å². The van der Waals surface area contributed by atoms with E-state index in [9.17, 15) is 4.57 Å². The van der Waals surface area contributed by atoms with Gasteiger partial charge in [-0.1, -0.05) is 181 Å². The molecule has 0 aliphatic carbocycles. The van der Waals surface area contributed by atoms with E-state index in [2.05, 4.69) is 30.6 Å². The number of hydrogen-bond acceptors (Lipinski definition) is 3. The van der Waals surface area contributed by atoms with Gasteiger partial charge in [0, 0.05) is 0 Å². The van der Waals surface area contributed by atoms with E-state index in [1.54, 1.807) is 0 Å². The first-order chi connectivity index (χ1) is 19.5. The molecule has 0 aromatic carbocycles. The van der Waals surface area contributed by atoms with Crippen LogP contribution in [0.3, 0.4) is 0 Å². The van der Waals surface area contributed by atoms with Gasteiger partial charge < -0.3 is 15.1 Å². The predicted molar refractivity (Wildman–Crippen MR) is 177 cm³/mol. The van der Waals surface area contributed by atoms with Crippen molar-refractivity contribution in [2.75, 3.05) is 19.7 Å². The first-order valence-electron chi connectivity index (χ1n) is 17.9. The first kappa shape index (κ1) is 42.2. The monoisotopic (exact) mass is 592 g/mol. The van der Waals surface area contributed by atoms with Crippen LogP contribution in [0.2, 0.25) is 0 Å². The van der Waals surface area contributed by atoms with E-state index in [1.165, 1.54) is 174 Å². The van der Waals surface area contributed by atoms with Gasteiger partial charge in [-0.25, -0.2) is 4.57 Å². The molecule has 0 heterocycles. The smallest absolute Gasteiger partial charge is 0.317 e. The Morgan fingerprint density at radius 3 is 0.950 bits per heavy atom. The maximum absolute atomic E-state index is 10.5. The number of phosphoric acid groups is 1. The lowest BCUT2D eigenvalue weighted by atomic mass is 10.0.